The van der Waals surface area contributed by atoms with Crippen LogP contribution in [-0.4, -0.2) is 36.1 Å². The standard InChI is InChI=1S/C7H15N5/c8-1-2-9-3-4-10-7-11-5-6-12-7/h5-6,9H,1-4,8H2,(H2,10,11,12). The van der Waals surface area contributed by atoms with Crippen molar-refractivity contribution in [1.29, 1.82) is 0 Å². The minimum absolute atomic E-state index is 0.681. The fourth-order valence-corrected chi connectivity index (χ4v) is 0.858. The summed E-state index contributed by atoms with van der Waals surface area (Å²) in [6.07, 6.45) is 3.51. The molecule has 5 heteroatoms. The summed E-state index contributed by atoms with van der Waals surface area (Å²) in [6.45, 7) is 3.30. The Kier molecular flexibility index (Phi) is 4.18. The highest BCUT2D eigenvalue weighted by atomic mass is 15.1. The summed E-state index contributed by atoms with van der Waals surface area (Å²) < 4.78 is 0. The number of nitrogens with two attached hydrogens (primary N) is 1. The summed E-state index contributed by atoms with van der Waals surface area (Å²) in [5, 5.41) is 6.28. The first-order valence-electron chi connectivity index (χ1n) is 4.07. The second-order valence-electron chi connectivity index (χ2n) is 2.40. The van der Waals surface area contributed by atoms with Gasteiger partial charge < -0.3 is 21.4 Å². The Morgan fingerprint density at radius 2 is 2.33 bits per heavy atom. The Balaban J connectivity index is 1.96. The molecule has 1 aromatic rings. The summed E-state index contributed by atoms with van der Waals surface area (Å²) in [5.41, 5.74) is 5.30. The Morgan fingerprint density at radius 3 is 3.00 bits per heavy atom. The predicted molar refractivity (Wildman–Crippen MR) is 49.0 cm³/mol. The van der Waals surface area contributed by atoms with Gasteiger partial charge in [0.1, 0.15) is 0 Å². The molecule has 5 nitrogen and oxygen atoms in total. The van der Waals surface area contributed by atoms with Crippen LogP contribution in [0.15, 0.2) is 12.4 Å². The van der Waals surface area contributed by atoms with E-state index in [0.29, 0.717) is 6.54 Å². The molecule has 1 aromatic heterocycles. The summed E-state index contributed by atoms with van der Waals surface area (Å²) >= 11 is 0. The highest BCUT2D eigenvalue weighted by Crippen LogP contribution is 1.91. The van der Waals surface area contributed by atoms with Crippen molar-refractivity contribution in [2.75, 3.05) is 31.5 Å². The van der Waals surface area contributed by atoms with Crippen LogP contribution in [0.3, 0.4) is 0 Å². The zero-order valence-electron chi connectivity index (χ0n) is 7.01. The molecule has 0 atom stereocenters. The first-order valence-corrected chi connectivity index (χ1v) is 4.07. The van der Waals surface area contributed by atoms with Crippen molar-refractivity contribution in [3.63, 3.8) is 0 Å². The molecule has 0 aromatic carbocycles. The maximum atomic E-state index is 5.30. The van der Waals surface area contributed by atoms with Crippen LogP contribution < -0.4 is 16.4 Å². The SMILES string of the molecule is NCCNCCNc1ncc[nH]1. The number of anilines is 1. The first-order chi connectivity index (χ1) is 5.93. The number of aromatic amines is 1. The predicted octanol–water partition coefficient (Wildman–Crippen LogP) is -0.630. The molecule has 0 aliphatic carbocycles. The normalized spacial score (nSPS) is 10.1. The van der Waals surface area contributed by atoms with E-state index in [0.717, 1.165) is 25.6 Å². The molecule has 0 radical (unpaired) electrons. The van der Waals surface area contributed by atoms with Gasteiger partial charge in [-0.2, -0.15) is 0 Å². The molecule has 0 fully saturated rings. The third kappa shape index (κ3) is 3.36. The number of H-pyrrole nitrogens is 1. The lowest BCUT2D eigenvalue weighted by Gasteiger charge is -2.03. The second kappa shape index (κ2) is 5.56. The minimum Gasteiger partial charge on any atom is -0.355 e. The van der Waals surface area contributed by atoms with Crippen molar-refractivity contribution in [1.82, 2.24) is 15.3 Å². The van der Waals surface area contributed by atoms with Crippen molar-refractivity contribution in [3.05, 3.63) is 12.4 Å². The van der Waals surface area contributed by atoms with E-state index in [1.54, 1.807) is 12.4 Å². The van der Waals surface area contributed by atoms with Crippen molar-refractivity contribution in [2.45, 2.75) is 0 Å². The maximum absolute atomic E-state index is 5.30. The number of aromatic nitrogens is 2. The smallest absolute Gasteiger partial charge is 0.200 e. The van der Waals surface area contributed by atoms with Crippen LogP contribution in [0, 0.1) is 0 Å². The Labute approximate surface area is 71.8 Å². The van der Waals surface area contributed by atoms with E-state index in [-0.39, 0.29) is 0 Å². The lowest BCUT2D eigenvalue weighted by atomic mass is 10.5. The quantitative estimate of drug-likeness (QED) is 0.428. The van der Waals surface area contributed by atoms with E-state index in [1.807, 2.05) is 0 Å². The van der Waals surface area contributed by atoms with Crippen molar-refractivity contribution in [2.24, 2.45) is 5.73 Å². The molecule has 1 heterocycles. The van der Waals surface area contributed by atoms with E-state index >= 15 is 0 Å². The minimum atomic E-state index is 0.681. The molecule has 12 heavy (non-hydrogen) atoms. The molecule has 0 spiro atoms. The van der Waals surface area contributed by atoms with Crippen molar-refractivity contribution in [3.8, 4) is 0 Å². The first kappa shape index (κ1) is 9.02. The molecule has 0 saturated heterocycles. The highest BCUT2D eigenvalue weighted by Gasteiger charge is 1.90. The third-order valence-electron chi connectivity index (χ3n) is 1.41. The summed E-state index contributed by atoms with van der Waals surface area (Å²) in [5.74, 6) is 0.810. The number of hydrogen-bond donors (Lipinski definition) is 4. The van der Waals surface area contributed by atoms with Crippen molar-refractivity contribution >= 4 is 5.95 Å². The van der Waals surface area contributed by atoms with Crippen LogP contribution in [0.2, 0.25) is 0 Å². The van der Waals surface area contributed by atoms with Crippen LogP contribution in [-0.2, 0) is 0 Å². The van der Waals surface area contributed by atoms with Crippen LogP contribution in [0.25, 0.3) is 0 Å². The summed E-state index contributed by atoms with van der Waals surface area (Å²) in [6, 6.07) is 0. The fourth-order valence-electron chi connectivity index (χ4n) is 0.858. The van der Waals surface area contributed by atoms with Gasteiger partial charge in [0.2, 0.25) is 0 Å². The van der Waals surface area contributed by atoms with E-state index in [4.69, 9.17) is 5.73 Å². The average Bonchev–Trinajstić information content (AvgIpc) is 2.57. The van der Waals surface area contributed by atoms with Gasteiger partial charge in [0.25, 0.3) is 0 Å². The zero-order valence-corrected chi connectivity index (χ0v) is 7.01. The molecule has 5 N–H and O–H groups in total. The molecule has 0 bridgehead atoms. The van der Waals surface area contributed by atoms with Crippen molar-refractivity contribution < 1.29 is 0 Å². The Hall–Kier alpha value is -1.07. The van der Waals surface area contributed by atoms with Gasteiger partial charge in [-0.1, -0.05) is 0 Å². The Bertz CT molecular complexity index is 184. The van der Waals surface area contributed by atoms with Gasteiger partial charge in [-0.3, -0.25) is 0 Å². The number of hydrogen-bond acceptors (Lipinski definition) is 4. The second-order valence-corrected chi connectivity index (χ2v) is 2.40. The third-order valence-corrected chi connectivity index (χ3v) is 1.41. The van der Waals surface area contributed by atoms with Crippen LogP contribution >= 0.6 is 0 Å². The van der Waals surface area contributed by atoms with E-state index in [9.17, 15) is 0 Å². The average molecular weight is 169 g/mol. The van der Waals surface area contributed by atoms with Gasteiger partial charge in [0, 0.05) is 38.6 Å². The number of imidazole rings is 1. The van der Waals surface area contributed by atoms with E-state index in [1.165, 1.54) is 0 Å². The number of nitrogens with zero attached hydrogens (tertiary/aromatic N) is 1. The largest absolute Gasteiger partial charge is 0.355 e. The van der Waals surface area contributed by atoms with Gasteiger partial charge in [0.05, 0.1) is 0 Å². The van der Waals surface area contributed by atoms with Gasteiger partial charge in [-0.15, -0.1) is 0 Å². The summed E-state index contributed by atoms with van der Waals surface area (Å²) in [4.78, 5) is 6.97. The molecule has 0 saturated carbocycles. The molecule has 0 amide bonds. The molecular formula is C7H15N5. The number of rotatable bonds is 6. The van der Waals surface area contributed by atoms with Crippen LogP contribution in [0.4, 0.5) is 5.95 Å². The highest BCUT2D eigenvalue weighted by molar-refractivity contribution is 5.22. The molecule has 1 rings (SSSR count). The molecule has 0 aliphatic rings. The van der Waals surface area contributed by atoms with E-state index < -0.39 is 0 Å². The fraction of sp³-hybridized carbons (Fsp3) is 0.571. The van der Waals surface area contributed by atoms with Crippen LogP contribution in [0.5, 0.6) is 0 Å². The Morgan fingerprint density at radius 1 is 1.42 bits per heavy atom. The lowest BCUT2D eigenvalue weighted by molar-refractivity contribution is 0.705. The molecular weight excluding hydrogens is 154 g/mol. The van der Waals surface area contributed by atoms with Gasteiger partial charge in [0.15, 0.2) is 5.95 Å². The number of nitrogens with one attached hydrogen (secondary N) is 3. The topological polar surface area (TPSA) is 78.8 Å². The maximum Gasteiger partial charge on any atom is 0.200 e. The van der Waals surface area contributed by atoms with Gasteiger partial charge in [-0.05, 0) is 0 Å². The van der Waals surface area contributed by atoms with E-state index in [2.05, 4.69) is 20.6 Å². The molecule has 0 unspecified atom stereocenters. The summed E-state index contributed by atoms with van der Waals surface area (Å²) in [7, 11) is 0. The monoisotopic (exact) mass is 169 g/mol. The van der Waals surface area contributed by atoms with Crippen LogP contribution in [0.1, 0.15) is 0 Å². The van der Waals surface area contributed by atoms with Gasteiger partial charge >= 0.3 is 0 Å². The van der Waals surface area contributed by atoms with Gasteiger partial charge in [-0.25, -0.2) is 4.98 Å². The molecule has 0 aliphatic heterocycles. The molecule has 68 valence electrons. The lowest BCUT2D eigenvalue weighted by Crippen LogP contribution is -2.27. The zero-order chi connectivity index (χ0) is 8.65.